The fourth-order valence-corrected chi connectivity index (χ4v) is 3.22. The molecule has 110 valence electrons. The quantitative estimate of drug-likeness (QED) is 0.771. The first kappa shape index (κ1) is 15.7. The Morgan fingerprint density at radius 3 is 2.65 bits per heavy atom. The molecule has 0 amide bonds. The number of carbonyl (C=O) groups is 1. The van der Waals surface area contributed by atoms with Crippen LogP contribution < -0.4 is 0 Å². The third kappa shape index (κ3) is 4.14. The molecular formula is C16H23BrN2O. The smallest absolute Gasteiger partial charge is 0.165 e. The molecule has 20 heavy (non-hydrogen) atoms. The van der Waals surface area contributed by atoms with Gasteiger partial charge in [-0.15, -0.1) is 0 Å². The standard InChI is InChI=1S/C16H23BrN2O/c1-18-10-7-13(8-11-18)19(2)12-9-16(20)14-5-3-4-6-15(14)17/h3-6,13H,7-12H2,1-2H3. The van der Waals surface area contributed by atoms with Crippen LogP contribution >= 0.6 is 15.9 Å². The summed E-state index contributed by atoms with van der Waals surface area (Å²) in [5.74, 6) is 0.220. The van der Waals surface area contributed by atoms with Crippen LogP contribution in [-0.2, 0) is 0 Å². The lowest BCUT2D eigenvalue weighted by atomic mass is 10.0. The fourth-order valence-electron chi connectivity index (χ4n) is 2.72. The molecule has 1 aliphatic rings. The first-order valence-corrected chi connectivity index (χ1v) is 8.03. The third-order valence-electron chi connectivity index (χ3n) is 4.18. The largest absolute Gasteiger partial charge is 0.306 e. The molecule has 0 spiro atoms. The lowest BCUT2D eigenvalue weighted by molar-refractivity contribution is 0.0938. The summed E-state index contributed by atoms with van der Waals surface area (Å²) in [5, 5.41) is 0. The van der Waals surface area contributed by atoms with Crippen molar-refractivity contribution in [3.05, 3.63) is 34.3 Å². The molecular weight excluding hydrogens is 316 g/mol. The maximum absolute atomic E-state index is 12.2. The number of benzene rings is 1. The second-order valence-electron chi connectivity index (χ2n) is 5.67. The Morgan fingerprint density at radius 2 is 2.00 bits per heavy atom. The number of hydrogen-bond acceptors (Lipinski definition) is 3. The molecule has 0 radical (unpaired) electrons. The number of likely N-dealkylation sites (tertiary alicyclic amines) is 1. The summed E-state index contributed by atoms with van der Waals surface area (Å²) in [5.41, 5.74) is 0.796. The number of carbonyl (C=O) groups excluding carboxylic acids is 1. The van der Waals surface area contributed by atoms with Crippen LogP contribution in [0.3, 0.4) is 0 Å². The van der Waals surface area contributed by atoms with E-state index >= 15 is 0 Å². The van der Waals surface area contributed by atoms with Gasteiger partial charge in [-0.25, -0.2) is 0 Å². The molecule has 0 bridgehead atoms. The highest BCUT2D eigenvalue weighted by Crippen LogP contribution is 2.19. The molecule has 0 aromatic heterocycles. The van der Waals surface area contributed by atoms with Crippen molar-refractivity contribution in [3.63, 3.8) is 0 Å². The van der Waals surface area contributed by atoms with Gasteiger partial charge >= 0.3 is 0 Å². The Kier molecular flexibility index (Phi) is 5.75. The fraction of sp³-hybridized carbons (Fsp3) is 0.562. The number of Topliss-reactive ketones (excluding diaryl/α,β-unsaturated/α-hetero) is 1. The van der Waals surface area contributed by atoms with Gasteiger partial charge < -0.3 is 9.80 Å². The van der Waals surface area contributed by atoms with E-state index in [1.807, 2.05) is 24.3 Å². The zero-order valence-electron chi connectivity index (χ0n) is 12.3. The van der Waals surface area contributed by atoms with Gasteiger partial charge in [0.25, 0.3) is 0 Å². The lowest BCUT2D eigenvalue weighted by Crippen LogP contribution is -2.42. The van der Waals surface area contributed by atoms with Gasteiger partial charge in [0.05, 0.1) is 0 Å². The Bertz CT molecular complexity index is 456. The highest BCUT2D eigenvalue weighted by atomic mass is 79.9. The summed E-state index contributed by atoms with van der Waals surface area (Å²) < 4.78 is 0.895. The second-order valence-corrected chi connectivity index (χ2v) is 6.52. The maximum Gasteiger partial charge on any atom is 0.165 e. The summed E-state index contributed by atoms with van der Waals surface area (Å²) in [6.45, 7) is 3.16. The van der Waals surface area contributed by atoms with Gasteiger partial charge in [-0.2, -0.15) is 0 Å². The number of halogens is 1. The Morgan fingerprint density at radius 1 is 1.35 bits per heavy atom. The summed E-state index contributed by atoms with van der Waals surface area (Å²) in [4.78, 5) is 17.0. The van der Waals surface area contributed by atoms with Gasteiger partial charge in [0.1, 0.15) is 0 Å². The highest BCUT2D eigenvalue weighted by Gasteiger charge is 2.21. The van der Waals surface area contributed by atoms with Gasteiger partial charge in [-0.05, 0) is 46.1 Å². The van der Waals surface area contributed by atoms with E-state index in [2.05, 4.69) is 39.8 Å². The van der Waals surface area contributed by atoms with Crippen molar-refractivity contribution < 1.29 is 4.79 Å². The number of ketones is 1. The van der Waals surface area contributed by atoms with Crippen LogP contribution in [-0.4, -0.2) is 55.4 Å². The van der Waals surface area contributed by atoms with Crippen LogP contribution in [0, 0.1) is 0 Å². The molecule has 1 aromatic carbocycles. The molecule has 1 fully saturated rings. The molecule has 1 saturated heterocycles. The van der Waals surface area contributed by atoms with Gasteiger partial charge in [-0.3, -0.25) is 4.79 Å². The third-order valence-corrected chi connectivity index (χ3v) is 4.87. The SMILES string of the molecule is CN1CCC(N(C)CCC(=O)c2ccccc2Br)CC1. The molecule has 0 saturated carbocycles. The van der Waals surface area contributed by atoms with Crippen LogP contribution in [0.1, 0.15) is 29.6 Å². The van der Waals surface area contributed by atoms with Crippen molar-refractivity contribution in [1.29, 1.82) is 0 Å². The molecule has 0 N–H and O–H groups in total. The van der Waals surface area contributed by atoms with E-state index in [1.54, 1.807) is 0 Å². The van der Waals surface area contributed by atoms with E-state index < -0.39 is 0 Å². The minimum atomic E-state index is 0.220. The summed E-state index contributed by atoms with van der Waals surface area (Å²) in [6.07, 6.45) is 3.00. The average Bonchev–Trinajstić information content (AvgIpc) is 2.45. The van der Waals surface area contributed by atoms with Crippen molar-refractivity contribution in [1.82, 2.24) is 9.80 Å². The lowest BCUT2D eigenvalue weighted by Gasteiger charge is -2.35. The molecule has 4 heteroatoms. The number of nitrogens with zero attached hydrogens (tertiary/aromatic N) is 2. The van der Waals surface area contributed by atoms with Crippen LogP contribution in [0.15, 0.2) is 28.7 Å². The minimum Gasteiger partial charge on any atom is -0.306 e. The van der Waals surface area contributed by atoms with Crippen molar-refractivity contribution in [2.24, 2.45) is 0 Å². The Labute approximate surface area is 130 Å². The average molecular weight is 339 g/mol. The zero-order valence-corrected chi connectivity index (χ0v) is 13.9. The minimum absolute atomic E-state index is 0.220. The topological polar surface area (TPSA) is 23.6 Å². The maximum atomic E-state index is 12.2. The molecule has 0 unspecified atom stereocenters. The second kappa shape index (κ2) is 7.34. The van der Waals surface area contributed by atoms with Crippen LogP contribution in [0.2, 0.25) is 0 Å². The van der Waals surface area contributed by atoms with Crippen molar-refractivity contribution in [3.8, 4) is 0 Å². The van der Waals surface area contributed by atoms with E-state index in [0.29, 0.717) is 12.5 Å². The Balaban J connectivity index is 1.83. The monoisotopic (exact) mass is 338 g/mol. The molecule has 3 nitrogen and oxygen atoms in total. The van der Waals surface area contributed by atoms with Gasteiger partial charge in [0.15, 0.2) is 5.78 Å². The zero-order chi connectivity index (χ0) is 14.5. The van der Waals surface area contributed by atoms with Crippen molar-refractivity contribution in [2.75, 3.05) is 33.7 Å². The summed E-state index contributed by atoms with van der Waals surface area (Å²) in [6, 6.07) is 8.29. The Hall–Kier alpha value is -0.710. The van der Waals surface area contributed by atoms with Gasteiger partial charge in [0, 0.05) is 29.0 Å². The molecule has 1 aliphatic heterocycles. The number of hydrogen-bond donors (Lipinski definition) is 0. The van der Waals surface area contributed by atoms with Gasteiger partial charge in [0.2, 0.25) is 0 Å². The summed E-state index contributed by atoms with van der Waals surface area (Å²) in [7, 11) is 4.32. The predicted octanol–water partition coefficient (Wildman–Crippen LogP) is 3.05. The van der Waals surface area contributed by atoms with E-state index in [-0.39, 0.29) is 5.78 Å². The van der Waals surface area contributed by atoms with Crippen LogP contribution in [0.5, 0.6) is 0 Å². The molecule has 1 heterocycles. The predicted molar refractivity (Wildman–Crippen MR) is 86.2 cm³/mol. The van der Waals surface area contributed by atoms with Crippen molar-refractivity contribution in [2.45, 2.75) is 25.3 Å². The molecule has 1 aromatic rings. The van der Waals surface area contributed by atoms with E-state index in [9.17, 15) is 4.79 Å². The van der Waals surface area contributed by atoms with E-state index in [4.69, 9.17) is 0 Å². The molecule has 0 atom stereocenters. The van der Waals surface area contributed by atoms with Gasteiger partial charge in [-0.1, -0.05) is 34.1 Å². The highest BCUT2D eigenvalue weighted by molar-refractivity contribution is 9.10. The summed E-state index contributed by atoms with van der Waals surface area (Å²) >= 11 is 3.45. The van der Waals surface area contributed by atoms with Crippen LogP contribution in [0.4, 0.5) is 0 Å². The first-order valence-electron chi connectivity index (χ1n) is 7.24. The van der Waals surface area contributed by atoms with E-state index in [0.717, 1.165) is 29.7 Å². The molecule has 2 rings (SSSR count). The molecule has 0 aliphatic carbocycles. The first-order chi connectivity index (χ1) is 9.58. The van der Waals surface area contributed by atoms with Crippen LogP contribution in [0.25, 0.3) is 0 Å². The number of piperidine rings is 1. The van der Waals surface area contributed by atoms with Crippen molar-refractivity contribution >= 4 is 21.7 Å². The normalized spacial score (nSPS) is 17.6. The number of rotatable bonds is 5. The van der Waals surface area contributed by atoms with E-state index in [1.165, 1.54) is 12.8 Å².